The molecule has 0 saturated carbocycles. The van der Waals surface area contributed by atoms with Crippen LogP contribution in [0.5, 0.6) is 0 Å². The Morgan fingerprint density at radius 1 is 1.43 bits per heavy atom. The summed E-state index contributed by atoms with van der Waals surface area (Å²) < 4.78 is 4.58. The molecular weight excluding hydrogens is 182 g/mol. The van der Waals surface area contributed by atoms with Gasteiger partial charge in [0.25, 0.3) is 0 Å². The first-order valence-corrected chi connectivity index (χ1v) is 5.04. The minimum Gasteiger partial charge on any atom is -0.467 e. The zero-order valence-electron chi connectivity index (χ0n) is 9.12. The van der Waals surface area contributed by atoms with Gasteiger partial charge in [-0.2, -0.15) is 0 Å². The number of aliphatic hydroxyl groups is 1. The summed E-state index contributed by atoms with van der Waals surface area (Å²) in [5, 5.41) is 9.94. The molecular formula is C10H19NO3. The first-order chi connectivity index (χ1) is 6.49. The van der Waals surface area contributed by atoms with Crippen molar-refractivity contribution in [1.82, 2.24) is 4.90 Å². The Balaban J connectivity index is 2.53. The van der Waals surface area contributed by atoms with E-state index in [9.17, 15) is 9.90 Å². The number of methoxy groups -OCH3 is 1. The Hall–Kier alpha value is -0.610. The maximum absolute atomic E-state index is 11.3. The second kappa shape index (κ2) is 4.28. The predicted molar refractivity (Wildman–Crippen MR) is 52.9 cm³/mol. The normalized spacial score (nSPS) is 22.4. The van der Waals surface area contributed by atoms with E-state index in [4.69, 9.17) is 0 Å². The highest BCUT2D eigenvalue weighted by Crippen LogP contribution is 2.24. The highest BCUT2D eigenvalue weighted by Gasteiger charge is 2.40. The Morgan fingerprint density at radius 3 is 2.29 bits per heavy atom. The van der Waals surface area contributed by atoms with Crippen LogP contribution in [-0.2, 0) is 9.53 Å². The maximum Gasteiger partial charge on any atom is 0.337 e. The molecule has 0 aliphatic carbocycles. The van der Waals surface area contributed by atoms with Gasteiger partial charge in [-0.05, 0) is 26.7 Å². The molecule has 0 aromatic heterocycles. The Kier molecular flexibility index (Phi) is 3.50. The number of likely N-dealkylation sites (tertiary alicyclic amines) is 1. The molecule has 1 aliphatic rings. The number of nitrogens with zero attached hydrogens (tertiary/aromatic N) is 1. The first-order valence-electron chi connectivity index (χ1n) is 5.04. The lowest BCUT2D eigenvalue weighted by molar-refractivity contribution is -0.167. The standard InChI is InChI=1S/C10H19NO3/c1-8(2)11-6-4-10(13,5-7-11)9(12)14-3/h8,13H,4-7H2,1-3H3. The minimum atomic E-state index is -1.25. The molecule has 0 atom stereocenters. The molecule has 14 heavy (non-hydrogen) atoms. The molecule has 1 fully saturated rings. The molecule has 0 unspecified atom stereocenters. The average molecular weight is 201 g/mol. The predicted octanol–water partition coefficient (Wildman–Crippen LogP) is 0.395. The van der Waals surface area contributed by atoms with Gasteiger partial charge in [0.05, 0.1) is 7.11 Å². The number of rotatable bonds is 2. The van der Waals surface area contributed by atoms with E-state index in [0.29, 0.717) is 18.9 Å². The van der Waals surface area contributed by atoms with E-state index in [0.717, 1.165) is 13.1 Å². The lowest BCUT2D eigenvalue weighted by Gasteiger charge is -2.38. The van der Waals surface area contributed by atoms with Crippen LogP contribution in [0.3, 0.4) is 0 Å². The van der Waals surface area contributed by atoms with Crippen LogP contribution in [0, 0.1) is 0 Å². The van der Waals surface area contributed by atoms with Crippen LogP contribution >= 0.6 is 0 Å². The van der Waals surface area contributed by atoms with Crippen LogP contribution in [0.15, 0.2) is 0 Å². The number of esters is 1. The molecule has 4 heteroatoms. The molecule has 0 bridgehead atoms. The number of ether oxygens (including phenoxy) is 1. The lowest BCUT2D eigenvalue weighted by atomic mass is 9.91. The molecule has 0 aromatic carbocycles. The van der Waals surface area contributed by atoms with Gasteiger partial charge in [-0.15, -0.1) is 0 Å². The fourth-order valence-electron chi connectivity index (χ4n) is 1.80. The van der Waals surface area contributed by atoms with Crippen LogP contribution in [0.4, 0.5) is 0 Å². The molecule has 82 valence electrons. The number of hydrogen-bond donors (Lipinski definition) is 1. The van der Waals surface area contributed by atoms with Gasteiger partial charge in [0.1, 0.15) is 0 Å². The van der Waals surface area contributed by atoms with Crippen molar-refractivity contribution >= 4 is 5.97 Å². The Bertz CT molecular complexity index is 207. The lowest BCUT2D eigenvalue weighted by Crippen LogP contribution is -2.51. The summed E-state index contributed by atoms with van der Waals surface area (Å²) >= 11 is 0. The average Bonchev–Trinajstić information content (AvgIpc) is 2.17. The van der Waals surface area contributed by atoms with E-state index in [2.05, 4.69) is 23.5 Å². The fourth-order valence-corrected chi connectivity index (χ4v) is 1.80. The number of hydrogen-bond acceptors (Lipinski definition) is 4. The third-order valence-corrected chi connectivity index (χ3v) is 2.92. The molecule has 0 aromatic rings. The van der Waals surface area contributed by atoms with Gasteiger partial charge in [0.2, 0.25) is 0 Å². The smallest absolute Gasteiger partial charge is 0.337 e. The van der Waals surface area contributed by atoms with E-state index < -0.39 is 11.6 Å². The molecule has 0 spiro atoms. The van der Waals surface area contributed by atoms with E-state index in [1.54, 1.807) is 0 Å². The molecule has 1 rings (SSSR count). The highest BCUT2D eigenvalue weighted by molar-refractivity contribution is 5.79. The van der Waals surface area contributed by atoms with Crippen molar-refractivity contribution in [2.75, 3.05) is 20.2 Å². The van der Waals surface area contributed by atoms with Gasteiger partial charge in [-0.1, -0.05) is 0 Å². The monoisotopic (exact) mass is 201 g/mol. The Labute approximate surface area is 84.8 Å². The fraction of sp³-hybridized carbons (Fsp3) is 0.900. The van der Waals surface area contributed by atoms with Gasteiger partial charge in [-0.25, -0.2) is 4.79 Å². The summed E-state index contributed by atoms with van der Waals surface area (Å²) in [7, 11) is 1.31. The minimum absolute atomic E-state index is 0.470. The molecule has 1 heterocycles. The summed E-state index contributed by atoms with van der Waals surface area (Å²) in [5.74, 6) is -0.499. The SMILES string of the molecule is COC(=O)C1(O)CCN(C(C)C)CC1. The topological polar surface area (TPSA) is 49.8 Å². The highest BCUT2D eigenvalue weighted by atomic mass is 16.5. The van der Waals surface area contributed by atoms with Gasteiger partial charge >= 0.3 is 5.97 Å². The largest absolute Gasteiger partial charge is 0.467 e. The Morgan fingerprint density at radius 2 is 1.93 bits per heavy atom. The zero-order chi connectivity index (χ0) is 10.8. The van der Waals surface area contributed by atoms with Crippen molar-refractivity contribution < 1.29 is 14.6 Å². The van der Waals surface area contributed by atoms with Crippen LogP contribution in [0.2, 0.25) is 0 Å². The summed E-state index contributed by atoms with van der Waals surface area (Å²) in [6, 6.07) is 0.470. The van der Waals surface area contributed by atoms with Gasteiger partial charge in [-0.3, -0.25) is 0 Å². The number of piperidine rings is 1. The molecule has 1 aliphatic heterocycles. The van der Waals surface area contributed by atoms with Crippen LogP contribution in [0.1, 0.15) is 26.7 Å². The summed E-state index contributed by atoms with van der Waals surface area (Å²) in [6.45, 7) is 5.73. The van der Waals surface area contributed by atoms with E-state index in [1.807, 2.05) is 0 Å². The first kappa shape index (κ1) is 11.5. The van der Waals surface area contributed by atoms with Crippen LogP contribution < -0.4 is 0 Å². The van der Waals surface area contributed by atoms with E-state index in [1.165, 1.54) is 7.11 Å². The molecule has 0 radical (unpaired) electrons. The van der Waals surface area contributed by atoms with Crippen molar-refractivity contribution in [3.05, 3.63) is 0 Å². The maximum atomic E-state index is 11.3. The quantitative estimate of drug-likeness (QED) is 0.657. The molecule has 1 N–H and O–H groups in total. The molecule has 1 saturated heterocycles. The number of carbonyl (C=O) groups excluding carboxylic acids is 1. The van der Waals surface area contributed by atoms with Gasteiger partial charge in [0.15, 0.2) is 5.60 Å². The van der Waals surface area contributed by atoms with Crippen molar-refractivity contribution in [2.24, 2.45) is 0 Å². The summed E-state index contributed by atoms with van der Waals surface area (Å²) in [5.41, 5.74) is -1.25. The zero-order valence-corrected chi connectivity index (χ0v) is 9.12. The van der Waals surface area contributed by atoms with Crippen molar-refractivity contribution in [1.29, 1.82) is 0 Å². The van der Waals surface area contributed by atoms with Crippen molar-refractivity contribution in [2.45, 2.75) is 38.3 Å². The van der Waals surface area contributed by atoms with Crippen LogP contribution in [-0.4, -0.2) is 47.8 Å². The van der Waals surface area contributed by atoms with Gasteiger partial charge < -0.3 is 14.7 Å². The van der Waals surface area contributed by atoms with Crippen LogP contribution in [0.25, 0.3) is 0 Å². The van der Waals surface area contributed by atoms with E-state index >= 15 is 0 Å². The molecule has 4 nitrogen and oxygen atoms in total. The van der Waals surface area contributed by atoms with Crippen molar-refractivity contribution in [3.8, 4) is 0 Å². The number of carbonyl (C=O) groups is 1. The van der Waals surface area contributed by atoms with Crippen molar-refractivity contribution in [3.63, 3.8) is 0 Å². The second-order valence-corrected chi connectivity index (χ2v) is 4.15. The second-order valence-electron chi connectivity index (χ2n) is 4.15. The third-order valence-electron chi connectivity index (χ3n) is 2.92. The summed E-state index contributed by atoms with van der Waals surface area (Å²) in [6.07, 6.45) is 0.940. The summed E-state index contributed by atoms with van der Waals surface area (Å²) in [4.78, 5) is 13.5. The third kappa shape index (κ3) is 2.25. The molecule has 0 amide bonds. The van der Waals surface area contributed by atoms with E-state index in [-0.39, 0.29) is 0 Å². The van der Waals surface area contributed by atoms with Gasteiger partial charge in [0, 0.05) is 19.1 Å².